The van der Waals surface area contributed by atoms with E-state index in [1.165, 1.54) is 5.56 Å². The maximum Gasteiger partial charge on any atom is 0.261 e. The lowest BCUT2D eigenvalue weighted by Gasteiger charge is -2.25. The SMILES string of the molecule is Cc1ccc(C(C)C)cc1OCC(=O)N(Cc1nnc(-c2ccccc2Cl)o1)C(C)C. The first-order chi connectivity index (χ1) is 14.8. The van der Waals surface area contributed by atoms with E-state index in [0.717, 1.165) is 11.3 Å². The first kappa shape index (κ1) is 22.8. The van der Waals surface area contributed by atoms with Crippen LogP contribution in [0, 0.1) is 6.92 Å². The highest BCUT2D eigenvalue weighted by Crippen LogP contribution is 2.27. The van der Waals surface area contributed by atoms with Gasteiger partial charge in [0.1, 0.15) is 5.75 Å². The average molecular weight is 442 g/mol. The normalized spacial score (nSPS) is 11.2. The maximum absolute atomic E-state index is 12.9. The van der Waals surface area contributed by atoms with Gasteiger partial charge in [0.25, 0.3) is 5.91 Å². The third-order valence-electron chi connectivity index (χ3n) is 5.05. The topological polar surface area (TPSA) is 68.5 Å². The molecule has 0 aliphatic carbocycles. The van der Waals surface area contributed by atoms with Gasteiger partial charge in [-0.05, 0) is 56.0 Å². The highest BCUT2D eigenvalue weighted by atomic mass is 35.5. The number of rotatable bonds is 8. The fraction of sp³-hybridized carbons (Fsp3) is 0.375. The van der Waals surface area contributed by atoms with Gasteiger partial charge < -0.3 is 14.1 Å². The molecule has 1 heterocycles. The summed E-state index contributed by atoms with van der Waals surface area (Å²) in [6.45, 7) is 10.2. The Labute approximate surface area is 188 Å². The lowest BCUT2D eigenvalue weighted by Crippen LogP contribution is -2.39. The predicted molar refractivity (Wildman–Crippen MR) is 121 cm³/mol. The van der Waals surface area contributed by atoms with E-state index >= 15 is 0 Å². The molecule has 0 atom stereocenters. The van der Waals surface area contributed by atoms with Gasteiger partial charge in [-0.15, -0.1) is 10.2 Å². The Morgan fingerprint density at radius 2 is 1.87 bits per heavy atom. The van der Waals surface area contributed by atoms with Crippen molar-refractivity contribution in [3.05, 3.63) is 64.5 Å². The second-order valence-electron chi connectivity index (χ2n) is 8.06. The lowest BCUT2D eigenvalue weighted by molar-refractivity contribution is -0.136. The summed E-state index contributed by atoms with van der Waals surface area (Å²) in [6.07, 6.45) is 0. The summed E-state index contributed by atoms with van der Waals surface area (Å²) in [5.74, 6) is 1.63. The van der Waals surface area contributed by atoms with Crippen molar-refractivity contribution in [3.63, 3.8) is 0 Å². The zero-order valence-corrected chi connectivity index (χ0v) is 19.3. The van der Waals surface area contributed by atoms with Crippen LogP contribution in [0.25, 0.3) is 11.5 Å². The summed E-state index contributed by atoms with van der Waals surface area (Å²) in [6, 6.07) is 13.3. The lowest BCUT2D eigenvalue weighted by atomic mass is 10.0. The zero-order chi connectivity index (χ0) is 22.5. The highest BCUT2D eigenvalue weighted by Gasteiger charge is 2.22. The second kappa shape index (κ2) is 9.96. The first-order valence-electron chi connectivity index (χ1n) is 10.4. The Morgan fingerprint density at radius 1 is 1.13 bits per heavy atom. The molecule has 7 heteroatoms. The molecule has 0 saturated heterocycles. The minimum atomic E-state index is -0.151. The largest absolute Gasteiger partial charge is 0.483 e. The van der Waals surface area contributed by atoms with E-state index in [1.54, 1.807) is 11.0 Å². The number of benzene rings is 2. The molecule has 0 radical (unpaired) electrons. The molecule has 3 rings (SSSR count). The van der Waals surface area contributed by atoms with Crippen LogP contribution < -0.4 is 4.74 Å². The molecular weight excluding hydrogens is 414 g/mol. The van der Waals surface area contributed by atoms with Crippen LogP contribution in [0.2, 0.25) is 5.02 Å². The van der Waals surface area contributed by atoms with Crippen LogP contribution >= 0.6 is 11.6 Å². The number of aromatic nitrogens is 2. The Hall–Kier alpha value is -2.86. The Morgan fingerprint density at radius 3 is 2.55 bits per heavy atom. The Kier molecular flexibility index (Phi) is 7.33. The fourth-order valence-electron chi connectivity index (χ4n) is 3.12. The molecule has 1 amide bonds. The number of nitrogens with zero attached hydrogens (tertiary/aromatic N) is 3. The van der Waals surface area contributed by atoms with Crippen molar-refractivity contribution in [2.24, 2.45) is 0 Å². The number of aryl methyl sites for hydroxylation is 1. The molecule has 3 aromatic rings. The molecule has 0 aliphatic heterocycles. The second-order valence-corrected chi connectivity index (χ2v) is 8.47. The molecule has 0 unspecified atom stereocenters. The summed E-state index contributed by atoms with van der Waals surface area (Å²) < 4.78 is 11.6. The predicted octanol–water partition coefficient (Wildman–Crippen LogP) is 5.64. The number of carbonyl (C=O) groups is 1. The molecule has 0 aliphatic rings. The highest BCUT2D eigenvalue weighted by molar-refractivity contribution is 6.33. The van der Waals surface area contributed by atoms with Crippen LogP contribution in [0.5, 0.6) is 5.75 Å². The van der Waals surface area contributed by atoms with Gasteiger partial charge in [0, 0.05) is 6.04 Å². The minimum Gasteiger partial charge on any atom is -0.483 e. The Bertz CT molecular complexity index is 1050. The molecule has 0 fully saturated rings. The van der Waals surface area contributed by atoms with E-state index < -0.39 is 0 Å². The van der Waals surface area contributed by atoms with Gasteiger partial charge in [-0.25, -0.2) is 0 Å². The first-order valence-corrected chi connectivity index (χ1v) is 10.7. The van der Waals surface area contributed by atoms with Crippen LogP contribution in [-0.4, -0.2) is 33.7 Å². The molecule has 31 heavy (non-hydrogen) atoms. The van der Waals surface area contributed by atoms with Crippen molar-refractivity contribution in [2.75, 3.05) is 6.61 Å². The molecule has 0 bridgehead atoms. The van der Waals surface area contributed by atoms with Crippen molar-refractivity contribution < 1.29 is 13.9 Å². The monoisotopic (exact) mass is 441 g/mol. The summed E-state index contributed by atoms with van der Waals surface area (Å²) in [7, 11) is 0. The third kappa shape index (κ3) is 5.64. The van der Waals surface area contributed by atoms with Crippen LogP contribution in [0.3, 0.4) is 0 Å². The molecule has 0 spiro atoms. The summed E-state index contributed by atoms with van der Waals surface area (Å²) in [4.78, 5) is 14.6. The van der Waals surface area contributed by atoms with E-state index in [2.05, 4.69) is 30.1 Å². The molecular formula is C24H28ClN3O3. The van der Waals surface area contributed by atoms with E-state index in [4.69, 9.17) is 20.8 Å². The van der Waals surface area contributed by atoms with Gasteiger partial charge >= 0.3 is 0 Å². The van der Waals surface area contributed by atoms with Crippen molar-refractivity contribution in [2.45, 2.75) is 53.1 Å². The number of ether oxygens (including phenoxy) is 1. The van der Waals surface area contributed by atoms with Crippen LogP contribution in [-0.2, 0) is 11.3 Å². The third-order valence-corrected chi connectivity index (χ3v) is 5.38. The number of halogens is 1. The van der Waals surface area contributed by atoms with Crippen molar-refractivity contribution in [1.82, 2.24) is 15.1 Å². The van der Waals surface area contributed by atoms with Crippen molar-refractivity contribution >= 4 is 17.5 Å². The average Bonchev–Trinajstić information content (AvgIpc) is 3.19. The van der Waals surface area contributed by atoms with Gasteiger partial charge in [-0.1, -0.05) is 49.7 Å². The Balaban J connectivity index is 1.69. The minimum absolute atomic E-state index is 0.0603. The van der Waals surface area contributed by atoms with Gasteiger partial charge in [-0.3, -0.25) is 4.79 Å². The molecule has 0 saturated carbocycles. The summed E-state index contributed by atoms with van der Waals surface area (Å²) >= 11 is 6.21. The molecule has 1 aromatic heterocycles. The number of hydrogen-bond acceptors (Lipinski definition) is 5. The summed E-state index contributed by atoms with van der Waals surface area (Å²) in [5.41, 5.74) is 2.83. The van der Waals surface area contributed by atoms with Crippen LogP contribution in [0.1, 0.15) is 50.6 Å². The molecule has 2 aromatic carbocycles. The van der Waals surface area contributed by atoms with E-state index in [9.17, 15) is 4.79 Å². The number of amides is 1. The molecule has 6 nitrogen and oxygen atoms in total. The number of carbonyl (C=O) groups excluding carboxylic acids is 1. The maximum atomic E-state index is 12.9. The molecule has 164 valence electrons. The van der Waals surface area contributed by atoms with Crippen LogP contribution in [0.4, 0.5) is 0 Å². The standard InChI is InChI=1S/C24H28ClN3O3/c1-15(2)18-11-10-17(5)21(12-18)30-14-23(29)28(16(3)4)13-22-26-27-24(31-22)19-8-6-7-9-20(19)25/h6-12,15-16H,13-14H2,1-5H3. The van der Waals surface area contributed by atoms with E-state index in [0.29, 0.717) is 28.3 Å². The van der Waals surface area contributed by atoms with Gasteiger partial charge in [0.2, 0.25) is 11.8 Å². The van der Waals surface area contributed by atoms with E-state index in [-0.39, 0.29) is 25.1 Å². The van der Waals surface area contributed by atoms with E-state index in [1.807, 2.05) is 51.1 Å². The van der Waals surface area contributed by atoms with Crippen molar-refractivity contribution in [3.8, 4) is 17.2 Å². The quantitative estimate of drug-likeness (QED) is 0.452. The molecule has 0 N–H and O–H groups in total. The number of hydrogen-bond donors (Lipinski definition) is 0. The zero-order valence-electron chi connectivity index (χ0n) is 18.6. The smallest absolute Gasteiger partial charge is 0.261 e. The summed E-state index contributed by atoms with van der Waals surface area (Å²) in [5, 5.41) is 8.70. The van der Waals surface area contributed by atoms with Gasteiger partial charge in [-0.2, -0.15) is 0 Å². The fourth-order valence-corrected chi connectivity index (χ4v) is 3.34. The van der Waals surface area contributed by atoms with Gasteiger partial charge in [0.05, 0.1) is 17.1 Å². The van der Waals surface area contributed by atoms with Crippen LogP contribution in [0.15, 0.2) is 46.9 Å². The van der Waals surface area contributed by atoms with Crippen molar-refractivity contribution in [1.29, 1.82) is 0 Å². The van der Waals surface area contributed by atoms with Gasteiger partial charge in [0.15, 0.2) is 6.61 Å².